The highest BCUT2D eigenvalue weighted by molar-refractivity contribution is 7.80. The van der Waals surface area contributed by atoms with E-state index in [1.807, 2.05) is 42.5 Å². The average molecular weight is 401 g/mol. The first-order valence-corrected chi connectivity index (χ1v) is 9.99. The third kappa shape index (κ3) is 4.50. The smallest absolute Gasteiger partial charge is 0.203 e. The number of benzene rings is 2. The molecule has 0 amide bonds. The SMILES string of the molecule is COc1ccc(CN(C(=S)Nc2ccccc2)C2CCCC2)c(OC)c1OC. The van der Waals surface area contributed by atoms with Gasteiger partial charge in [0.1, 0.15) is 0 Å². The predicted octanol–water partition coefficient (Wildman–Crippen LogP) is 4.85. The lowest BCUT2D eigenvalue weighted by molar-refractivity contribution is 0.295. The van der Waals surface area contributed by atoms with Crippen LogP contribution in [0.25, 0.3) is 0 Å². The molecule has 1 aliphatic rings. The molecule has 0 spiro atoms. The second-order valence-electron chi connectivity index (χ2n) is 6.86. The van der Waals surface area contributed by atoms with E-state index >= 15 is 0 Å². The third-order valence-corrected chi connectivity index (χ3v) is 5.51. The molecule has 0 aliphatic heterocycles. The van der Waals surface area contributed by atoms with Gasteiger partial charge < -0.3 is 24.4 Å². The number of rotatable bonds is 7. The molecule has 2 aromatic rings. The zero-order valence-corrected chi connectivity index (χ0v) is 17.6. The van der Waals surface area contributed by atoms with Crippen molar-refractivity contribution in [3.63, 3.8) is 0 Å². The maximum atomic E-state index is 5.80. The van der Waals surface area contributed by atoms with Crippen molar-refractivity contribution in [2.45, 2.75) is 38.3 Å². The minimum atomic E-state index is 0.418. The monoisotopic (exact) mass is 400 g/mol. The number of anilines is 1. The van der Waals surface area contributed by atoms with Crippen molar-refractivity contribution < 1.29 is 14.2 Å². The van der Waals surface area contributed by atoms with E-state index in [9.17, 15) is 0 Å². The lowest BCUT2D eigenvalue weighted by Crippen LogP contribution is -2.41. The van der Waals surface area contributed by atoms with Gasteiger partial charge in [-0.1, -0.05) is 31.0 Å². The summed E-state index contributed by atoms with van der Waals surface area (Å²) < 4.78 is 16.6. The highest BCUT2D eigenvalue weighted by atomic mass is 32.1. The van der Waals surface area contributed by atoms with Gasteiger partial charge in [-0.2, -0.15) is 0 Å². The van der Waals surface area contributed by atoms with Crippen LogP contribution < -0.4 is 19.5 Å². The summed E-state index contributed by atoms with van der Waals surface area (Å²) in [4.78, 5) is 2.28. The van der Waals surface area contributed by atoms with Crippen molar-refractivity contribution in [1.29, 1.82) is 0 Å². The van der Waals surface area contributed by atoms with Gasteiger partial charge in [0.15, 0.2) is 16.6 Å². The summed E-state index contributed by atoms with van der Waals surface area (Å²) in [7, 11) is 4.91. The normalized spacial score (nSPS) is 13.8. The van der Waals surface area contributed by atoms with Crippen LogP contribution >= 0.6 is 12.2 Å². The number of hydrogen-bond acceptors (Lipinski definition) is 4. The van der Waals surface area contributed by atoms with E-state index in [0.717, 1.165) is 29.2 Å². The largest absolute Gasteiger partial charge is 0.493 e. The van der Waals surface area contributed by atoms with Gasteiger partial charge >= 0.3 is 0 Å². The van der Waals surface area contributed by atoms with Crippen LogP contribution in [0.4, 0.5) is 5.69 Å². The Labute approximate surface area is 172 Å². The summed E-state index contributed by atoms with van der Waals surface area (Å²) in [6.45, 7) is 0.646. The van der Waals surface area contributed by atoms with Crippen LogP contribution in [-0.2, 0) is 6.54 Å². The molecule has 5 nitrogen and oxygen atoms in total. The Kier molecular flexibility index (Phi) is 6.98. The topological polar surface area (TPSA) is 43.0 Å². The lowest BCUT2D eigenvalue weighted by Gasteiger charge is -2.32. The Morgan fingerprint density at radius 3 is 2.25 bits per heavy atom. The average Bonchev–Trinajstić information content (AvgIpc) is 3.26. The molecule has 2 aromatic carbocycles. The second kappa shape index (κ2) is 9.64. The van der Waals surface area contributed by atoms with Gasteiger partial charge in [-0.25, -0.2) is 0 Å². The van der Waals surface area contributed by atoms with Gasteiger partial charge in [-0.3, -0.25) is 0 Å². The predicted molar refractivity (Wildman–Crippen MR) is 117 cm³/mol. The molecule has 0 aromatic heterocycles. The Morgan fingerprint density at radius 2 is 1.64 bits per heavy atom. The van der Waals surface area contributed by atoms with Crippen molar-refractivity contribution >= 4 is 23.0 Å². The van der Waals surface area contributed by atoms with Crippen LogP contribution in [0.3, 0.4) is 0 Å². The fraction of sp³-hybridized carbons (Fsp3) is 0.409. The first-order chi connectivity index (χ1) is 13.7. The maximum absolute atomic E-state index is 5.80. The van der Waals surface area contributed by atoms with Crippen LogP contribution in [0.2, 0.25) is 0 Å². The van der Waals surface area contributed by atoms with Crippen LogP contribution in [0.5, 0.6) is 17.2 Å². The summed E-state index contributed by atoms with van der Waals surface area (Å²) in [5.41, 5.74) is 2.01. The molecule has 1 aliphatic carbocycles. The quantitative estimate of drug-likeness (QED) is 0.670. The van der Waals surface area contributed by atoms with E-state index in [0.29, 0.717) is 29.8 Å². The number of nitrogens with zero attached hydrogens (tertiary/aromatic N) is 1. The van der Waals surface area contributed by atoms with Gasteiger partial charge in [0.25, 0.3) is 0 Å². The molecule has 0 bridgehead atoms. The Morgan fingerprint density at radius 1 is 0.964 bits per heavy atom. The summed E-state index contributed by atoms with van der Waals surface area (Å²) >= 11 is 5.80. The first kappa shape index (κ1) is 20.3. The fourth-order valence-electron chi connectivity index (χ4n) is 3.77. The van der Waals surface area contributed by atoms with E-state index in [1.54, 1.807) is 21.3 Å². The zero-order valence-electron chi connectivity index (χ0n) is 16.7. The molecule has 0 heterocycles. The maximum Gasteiger partial charge on any atom is 0.203 e. The van der Waals surface area contributed by atoms with Crippen molar-refractivity contribution in [2.75, 3.05) is 26.6 Å². The summed E-state index contributed by atoms with van der Waals surface area (Å²) in [5, 5.41) is 4.12. The molecule has 6 heteroatoms. The molecule has 1 saturated carbocycles. The van der Waals surface area contributed by atoms with Gasteiger partial charge in [0.2, 0.25) is 5.75 Å². The van der Waals surface area contributed by atoms with Crippen LogP contribution in [0.1, 0.15) is 31.2 Å². The highest BCUT2D eigenvalue weighted by Gasteiger charge is 2.27. The Bertz CT molecular complexity index is 792. The number of ether oxygens (including phenoxy) is 3. The summed E-state index contributed by atoms with van der Waals surface area (Å²) in [6, 6.07) is 14.4. The minimum absolute atomic E-state index is 0.418. The van der Waals surface area contributed by atoms with Crippen LogP contribution in [-0.4, -0.2) is 37.4 Å². The van der Waals surface area contributed by atoms with Crippen molar-refractivity contribution in [3.8, 4) is 17.2 Å². The third-order valence-electron chi connectivity index (χ3n) is 5.18. The molecular weight excluding hydrogens is 372 g/mol. The van der Waals surface area contributed by atoms with Gasteiger partial charge in [-0.05, 0) is 49.3 Å². The Balaban J connectivity index is 1.88. The fourth-order valence-corrected chi connectivity index (χ4v) is 4.10. The van der Waals surface area contributed by atoms with E-state index in [1.165, 1.54) is 12.8 Å². The van der Waals surface area contributed by atoms with E-state index < -0.39 is 0 Å². The number of para-hydroxylation sites is 1. The number of nitrogens with one attached hydrogen (secondary N) is 1. The number of thiocarbonyl (C=S) groups is 1. The molecule has 3 rings (SSSR count). The van der Waals surface area contributed by atoms with Crippen molar-refractivity contribution in [1.82, 2.24) is 4.90 Å². The minimum Gasteiger partial charge on any atom is -0.493 e. The van der Waals surface area contributed by atoms with E-state index in [4.69, 9.17) is 26.4 Å². The molecule has 0 atom stereocenters. The molecule has 150 valence electrons. The van der Waals surface area contributed by atoms with Crippen LogP contribution in [0.15, 0.2) is 42.5 Å². The standard InChI is InChI=1S/C22H28N2O3S/c1-25-19-14-13-16(20(26-2)21(19)27-3)15-24(18-11-7-8-12-18)22(28)23-17-9-5-4-6-10-17/h4-6,9-10,13-14,18H,7-8,11-12,15H2,1-3H3,(H,23,28). The van der Waals surface area contributed by atoms with Crippen molar-refractivity contribution in [2.24, 2.45) is 0 Å². The molecule has 0 radical (unpaired) electrons. The molecule has 1 fully saturated rings. The molecule has 28 heavy (non-hydrogen) atoms. The van der Waals surface area contributed by atoms with E-state index in [-0.39, 0.29) is 0 Å². The molecule has 1 N–H and O–H groups in total. The van der Waals surface area contributed by atoms with Crippen molar-refractivity contribution in [3.05, 3.63) is 48.0 Å². The Hall–Kier alpha value is -2.47. The van der Waals surface area contributed by atoms with Gasteiger partial charge in [-0.15, -0.1) is 0 Å². The van der Waals surface area contributed by atoms with Gasteiger partial charge in [0.05, 0.1) is 21.3 Å². The second-order valence-corrected chi connectivity index (χ2v) is 7.24. The zero-order chi connectivity index (χ0) is 19.9. The summed E-state index contributed by atoms with van der Waals surface area (Å²) in [6.07, 6.45) is 4.76. The molecule has 0 saturated heterocycles. The van der Waals surface area contributed by atoms with Crippen LogP contribution in [0, 0.1) is 0 Å². The van der Waals surface area contributed by atoms with Gasteiger partial charge in [0, 0.05) is 23.8 Å². The number of hydrogen-bond donors (Lipinski definition) is 1. The summed E-state index contributed by atoms with van der Waals surface area (Å²) in [5.74, 6) is 1.95. The molecule has 0 unspecified atom stereocenters. The number of methoxy groups -OCH3 is 3. The highest BCUT2D eigenvalue weighted by Crippen LogP contribution is 2.40. The molecular formula is C22H28N2O3S. The van der Waals surface area contributed by atoms with E-state index in [2.05, 4.69) is 10.2 Å². The first-order valence-electron chi connectivity index (χ1n) is 9.58. The lowest BCUT2D eigenvalue weighted by atomic mass is 10.1.